The van der Waals surface area contributed by atoms with Gasteiger partial charge in [0.25, 0.3) is 0 Å². The Labute approximate surface area is 107 Å². The van der Waals surface area contributed by atoms with Crippen LogP contribution in [-0.4, -0.2) is 37.2 Å². The molecule has 2 heterocycles. The van der Waals surface area contributed by atoms with Gasteiger partial charge in [-0.15, -0.1) is 0 Å². The highest BCUT2D eigenvalue weighted by Crippen LogP contribution is 2.27. The predicted molar refractivity (Wildman–Crippen MR) is 72.1 cm³/mol. The maximum Gasteiger partial charge on any atom is 0.231 e. The zero-order valence-electron chi connectivity index (χ0n) is 11.5. The minimum Gasteiger partial charge on any atom is -0.443 e. The summed E-state index contributed by atoms with van der Waals surface area (Å²) in [4.78, 5) is 9.93. The van der Waals surface area contributed by atoms with E-state index in [1.165, 1.54) is 4.90 Å². The van der Waals surface area contributed by atoms with Crippen LogP contribution >= 0.6 is 0 Å². The van der Waals surface area contributed by atoms with Crippen molar-refractivity contribution in [1.82, 2.24) is 9.97 Å². The zero-order valence-corrected chi connectivity index (χ0v) is 11.5. The molecule has 0 saturated heterocycles. The summed E-state index contributed by atoms with van der Waals surface area (Å²) in [7, 11) is 4.32. The summed E-state index contributed by atoms with van der Waals surface area (Å²) >= 11 is 0. The molecule has 0 radical (unpaired) electrons. The Kier molecular flexibility index (Phi) is 3.81. The molecule has 0 aliphatic carbocycles. The van der Waals surface area contributed by atoms with Gasteiger partial charge in [-0.2, -0.15) is 0 Å². The monoisotopic (exact) mass is 249 g/mol. The number of hydrogen-bond acceptors (Lipinski definition) is 4. The van der Waals surface area contributed by atoms with E-state index in [1.54, 1.807) is 6.33 Å². The summed E-state index contributed by atoms with van der Waals surface area (Å²) < 4.78 is 5.59. The highest BCUT2D eigenvalue weighted by molar-refractivity contribution is 5.89. The summed E-state index contributed by atoms with van der Waals surface area (Å²) in [5.74, 6) is 1.79. The molecule has 98 valence electrons. The lowest BCUT2D eigenvalue weighted by Gasteiger charge is -2.08. The maximum atomic E-state index is 5.59. The molecule has 0 aliphatic rings. The van der Waals surface area contributed by atoms with E-state index in [4.69, 9.17) is 4.42 Å². The normalized spacial score (nSPS) is 11.4. The van der Waals surface area contributed by atoms with E-state index in [1.807, 2.05) is 13.8 Å². The average Bonchev–Trinajstić information content (AvgIpc) is 2.61. The van der Waals surface area contributed by atoms with Crippen LogP contribution in [0, 0.1) is 13.8 Å². The lowest BCUT2D eigenvalue weighted by atomic mass is 10.2. The van der Waals surface area contributed by atoms with E-state index in [2.05, 4.69) is 29.4 Å². The van der Waals surface area contributed by atoms with Crippen LogP contribution < -0.4 is 10.2 Å². The van der Waals surface area contributed by atoms with Gasteiger partial charge in [0.2, 0.25) is 5.71 Å². The Morgan fingerprint density at radius 1 is 1.28 bits per heavy atom. The van der Waals surface area contributed by atoms with Crippen LogP contribution in [0.15, 0.2) is 10.7 Å². The molecule has 0 fully saturated rings. The standard InChI is InChI=1S/C13H20N4O/c1-9-10(2)18-13-11(9)12(15-8-16-13)14-6-5-7-17(3)4/h8H,5-7H2,1-4H3,(H,14,15,16)/p+1. The number of hydrogen-bond donors (Lipinski definition) is 2. The summed E-state index contributed by atoms with van der Waals surface area (Å²) in [6.45, 7) is 6.06. The number of nitrogens with zero attached hydrogens (tertiary/aromatic N) is 2. The lowest BCUT2D eigenvalue weighted by Crippen LogP contribution is -3.05. The van der Waals surface area contributed by atoms with Gasteiger partial charge in [-0.3, -0.25) is 0 Å². The SMILES string of the molecule is Cc1oc2ncnc(NCCC[NH+](C)C)c2c1C. The molecular weight excluding hydrogens is 228 g/mol. The second-order valence-corrected chi connectivity index (χ2v) is 4.92. The molecule has 2 rings (SSSR count). The average molecular weight is 249 g/mol. The molecule has 0 bridgehead atoms. The second kappa shape index (κ2) is 5.35. The molecular formula is C13H21N4O+. The van der Waals surface area contributed by atoms with E-state index in [-0.39, 0.29) is 0 Å². The van der Waals surface area contributed by atoms with Crippen LogP contribution in [0.3, 0.4) is 0 Å². The van der Waals surface area contributed by atoms with Gasteiger partial charge in [0, 0.05) is 18.5 Å². The van der Waals surface area contributed by atoms with Crippen molar-refractivity contribution >= 4 is 16.9 Å². The fourth-order valence-electron chi connectivity index (χ4n) is 1.97. The van der Waals surface area contributed by atoms with E-state index >= 15 is 0 Å². The summed E-state index contributed by atoms with van der Waals surface area (Å²) in [6.07, 6.45) is 2.66. The number of anilines is 1. The molecule has 0 aliphatic heterocycles. The summed E-state index contributed by atoms with van der Waals surface area (Å²) in [5, 5.41) is 4.38. The van der Waals surface area contributed by atoms with Gasteiger partial charge in [0.1, 0.15) is 17.9 Å². The first-order valence-electron chi connectivity index (χ1n) is 6.33. The van der Waals surface area contributed by atoms with Crippen LogP contribution in [0.2, 0.25) is 0 Å². The predicted octanol–water partition coefficient (Wildman–Crippen LogP) is 0.786. The van der Waals surface area contributed by atoms with Crippen molar-refractivity contribution in [1.29, 1.82) is 0 Å². The Morgan fingerprint density at radius 3 is 2.78 bits per heavy atom. The number of nitrogens with one attached hydrogen (secondary N) is 2. The van der Waals surface area contributed by atoms with Crippen molar-refractivity contribution in [2.24, 2.45) is 0 Å². The molecule has 0 spiro atoms. The van der Waals surface area contributed by atoms with E-state index in [0.717, 1.165) is 42.0 Å². The van der Waals surface area contributed by atoms with Crippen LogP contribution in [-0.2, 0) is 0 Å². The Morgan fingerprint density at radius 2 is 2.06 bits per heavy atom. The van der Waals surface area contributed by atoms with Crippen molar-refractivity contribution in [2.45, 2.75) is 20.3 Å². The van der Waals surface area contributed by atoms with Crippen molar-refractivity contribution < 1.29 is 9.32 Å². The maximum absolute atomic E-state index is 5.59. The molecule has 5 nitrogen and oxygen atoms in total. The Bertz CT molecular complexity index is 533. The minimum atomic E-state index is 0.667. The highest BCUT2D eigenvalue weighted by Gasteiger charge is 2.12. The van der Waals surface area contributed by atoms with Gasteiger partial charge < -0.3 is 14.6 Å². The molecule has 18 heavy (non-hydrogen) atoms. The minimum absolute atomic E-state index is 0.667. The fraction of sp³-hybridized carbons (Fsp3) is 0.538. The van der Waals surface area contributed by atoms with Gasteiger partial charge >= 0.3 is 0 Å². The quantitative estimate of drug-likeness (QED) is 0.769. The van der Waals surface area contributed by atoms with Crippen LogP contribution in [0.1, 0.15) is 17.7 Å². The van der Waals surface area contributed by atoms with Crippen LogP contribution in [0.5, 0.6) is 0 Å². The van der Waals surface area contributed by atoms with E-state index in [9.17, 15) is 0 Å². The van der Waals surface area contributed by atoms with Gasteiger partial charge in [-0.05, 0) is 13.8 Å². The fourth-order valence-corrected chi connectivity index (χ4v) is 1.97. The van der Waals surface area contributed by atoms with Gasteiger partial charge in [0.05, 0.1) is 26.0 Å². The molecule has 5 heteroatoms. The zero-order chi connectivity index (χ0) is 13.1. The summed E-state index contributed by atoms with van der Waals surface area (Å²) in [6, 6.07) is 0. The first kappa shape index (κ1) is 12.8. The van der Waals surface area contributed by atoms with Gasteiger partial charge in [-0.1, -0.05) is 0 Å². The molecule has 2 aromatic rings. The molecule has 0 amide bonds. The molecule has 2 N–H and O–H groups in total. The van der Waals surface area contributed by atoms with Crippen LogP contribution in [0.25, 0.3) is 11.1 Å². The molecule has 0 saturated carbocycles. The third-order valence-corrected chi connectivity index (χ3v) is 3.11. The van der Waals surface area contributed by atoms with E-state index in [0.29, 0.717) is 5.71 Å². The third-order valence-electron chi connectivity index (χ3n) is 3.11. The molecule has 0 aromatic carbocycles. The first-order chi connectivity index (χ1) is 8.59. The lowest BCUT2D eigenvalue weighted by molar-refractivity contribution is -0.858. The Hall–Kier alpha value is -1.62. The van der Waals surface area contributed by atoms with Crippen molar-refractivity contribution in [3.8, 4) is 0 Å². The number of rotatable bonds is 5. The van der Waals surface area contributed by atoms with Gasteiger partial charge in [0.15, 0.2) is 0 Å². The third kappa shape index (κ3) is 2.61. The molecule has 0 atom stereocenters. The van der Waals surface area contributed by atoms with Crippen molar-refractivity contribution in [3.05, 3.63) is 17.7 Å². The van der Waals surface area contributed by atoms with Gasteiger partial charge in [-0.25, -0.2) is 9.97 Å². The Balaban J connectivity index is 2.13. The van der Waals surface area contributed by atoms with Crippen molar-refractivity contribution in [3.63, 3.8) is 0 Å². The number of furan rings is 1. The topological polar surface area (TPSA) is 55.4 Å². The number of aromatic nitrogens is 2. The first-order valence-corrected chi connectivity index (χ1v) is 6.33. The van der Waals surface area contributed by atoms with Crippen molar-refractivity contribution in [2.75, 3.05) is 32.5 Å². The smallest absolute Gasteiger partial charge is 0.231 e. The largest absolute Gasteiger partial charge is 0.443 e. The number of fused-ring (bicyclic) bond motifs is 1. The molecule has 0 unspecified atom stereocenters. The second-order valence-electron chi connectivity index (χ2n) is 4.92. The van der Waals surface area contributed by atoms with Crippen LogP contribution in [0.4, 0.5) is 5.82 Å². The molecule has 2 aromatic heterocycles. The van der Waals surface area contributed by atoms with E-state index < -0.39 is 0 Å². The summed E-state index contributed by atoms with van der Waals surface area (Å²) in [5.41, 5.74) is 1.78. The number of quaternary nitrogens is 1. The number of aryl methyl sites for hydroxylation is 2. The highest BCUT2D eigenvalue weighted by atomic mass is 16.3.